The molecule has 0 saturated heterocycles. The van der Waals surface area contributed by atoms with Crippen LogP contribution in [0.25, 0.3) is 10.9 Å². The molecule has 1 heterocycles. The third kappa shape index (κ3) is 3.48. The van der Waals surface area contributed by atoms with Crippen LogP contribution in [-0.4, -0.2) is 29.5 Å². The molecule has 1 aromatic heterocycles. The lowest BCUT2D eigenvalue weighted by atomic mass is 9.48. The van der Waals surface area contributed by atoms with Crippen molar-refractivity contribution in [2.24, 2.45) is 23.2 Å². The van der Waals surface area contributed by atoms with Gasteiger partial charge in [-0.3, -0.25) is 9.78 Å². The van der Waals surface area contributed by atoms with E-state index < -0.39 is 5.97 Å². The van der Waals surface area contributed by atoms with Crippen LogP contribution < -0.4 is 5.32 Å². The van der Waals surface area contributed by atoms with E-state index in [-0.39, 0.29) is 24.0 Å². The number of esters is 1. The topological polar surface area (TPSA) is 68.3 Å². The third-order valence-corrected chi connectivity index (χ3v) is 7.78. The summed E-state index contributed by atoms with van der Waals surface area (Å²) in [7, 11) is 0. The lowest BCUT2D eigenvalue weighted by molar-refractivity contribution is -0.128. The van der Waals surface area contributed by atoms with Crippen molar-refractivity contribution < 1.29 is 14.3 Å². The van der Waals surface area contributed by atoms with Crippen LogP contribution in [0, 0.1) is 30.1 Å². The normalized spacial score (nSPS) is 30.3. The minimum absolute atomic E-state index is 0.126. The quantitative estimate of drug-likeness (QED) is 0.747. The number of pyridine rings is 1. The van der Waals surface area contributed by atoms with Gasteiger partial charge in [0.2, 0.25) is 0 Å². The molecule has 1 N–H and O–H groups in total. The van der Waals surface area contributed by atoms with Crippen molar-refractivity contribution in [3.05, 3.63) is 41.6 Å². The van der Waals surface area contributed by atoms with Crippen molar-refractivity contribution in [2.45, 2.75) is 58.4 Å². The van der Waals surface area contributed by atoms with E-state index in [4.69, 9.17) is 4.74 Å². The van der Waals surface area contributed by atoms with Gasteiger partial charge < -0.3 is 10.1 Å². The number of para-hydroxylation sites is 1. The maximum absolute atomic E-state index is 12.7. The molecule has 5 heteroatoms. The Morgan fingerprint density at radius 2 is 1.77 bits per heavy atom. The molecule has 6 rings (SSSR count). The van der Waals surface area contributed by atoms with Crippen molar-refractivity contribution in [1.29, 1.82) is 0 Å². The number of benzene rings is 1. The predicted octanol–water partition coefficient (Wildman–Crippen LogP) is 4.42. The number of amides is 1. The number of nitrogens with one attached hydrogen (secondary N) is 1. The zero-order valence-electron chi connectivity index (χ0n) is 17.8. The van der Waals surface area contributed by atoms with Crippen LogP contribution in [0.1, 0.15) is 61.5 Å². The van der Waals surface area contributed by atoms with Crippen molar-refractivity contribution >= 4 is 22.8 Å². The lowest BCUT2D eigenvalue weighted by Crippen LogP contribution is -2.56. The van der Waals surface area contributed by atoms with Crippen LogP contribution in [0.15, 0.2) is 30.3 Å². The molecule has 30 heavy (non-hydrogen) atoms. The number of nitrogens with zero attached hydrogens (tertiary/aromatic N) is 1. The van der Waals surface area contributed by atoms with Crippen LogP contribution in [0.2, 0.25) is 0 Å². The SMILES string of the molecule is Cc1cc(C(=O)OCC(=O)N[C@@H](C)C23CC4CC(CC(C4)C2)C3)c2ccccc2n1. The van der Waals surface area contributed by atoms with E-state index in [1.807, 2.05) is 31.2 Å². The summed E-state index contributed by atoms with van der Waals surface area (Å²) in [6, 6.07) is 9.34. The second-order valence-electron chi connectivity index (χ2n) is 9.97. The predicted molar refractivity (Wildman–Crippen MR) is 115 cm³/mol. The Kier molecular flexibility index (Phi) is 4.79. The molecule has 4 aliphatic carbocycles. The highest BCUT2D eigenvalue weighted by Crippen LogP contribution is 2.61. The first-order valence-electron chi connectivity index (χ1n) is 11.2. The van der Waals surface area contributed by atoms with Gasteiger partial charge in [0.1, 0.15) is 0 Å². The van der Waals surface area contributed by atoms with Crippen LogP contribution in [0.3, 0.4) is 0 Å². The molecular formula is C25H30N2O3. The molecule has 4 fully saturated rings. The summed E-state index contributed by atoms with van der Waals surface area (Å²) < 4.78 is 5.39. The van der Waals surface area contributed by atoms with Gasteiger partial charge in [-0.25, -0.2) is 4.79 Å². The Morgan fingerprint density at radius 1 is 1.13 bits per heavy atom. The molecule has 0 unspecified atom stereocenters. The van der Waals surface area contributed by atoms with E-state index in [0.29, 0.717) is 5.56 Å². The van der Waals surface area contributed by atoms with Gasteiger partial charge in [-0.15, -0.1) is 0 Å². The molecule has 1 aromatic carbocycles. The lowest BCUT2D eigenvalue weighted by Gasteiger charge is -2.59. The average Bonchev–Trinajstić information content (AvgIpc) is 2.70. The fraction of sp³-hybridized carbons (Fsp3) is 0.560. The Hall–Kier alpha value is -2.43. The second kappa shape index (κ2) is 7.36. The molecular weight excluding hydrogens is 376 g/mol. The molecule has 158 valence electrons. The second-order valence-corrected chi connectivity index (χ2v) is 9.97. The van der Waals surface area contributed by atoms with E-state index in [9.17, 15) is 9.59 Å². The summed E-state index contributed by atoms with van der Waals surface area (Å²) in [6.45, 7) is 3.75. The van der Waals surface area contributed by atoms with Crippen molar-refractivity contribution in [3.63, 3.8) is 0 Å². The highest BCUT2D eigenvalue weighted by atomic mass is 16.5. The first kappa shape index (κ1) is 19.5. The van der Waals surface area contributed by atoms with Gasteiger partial charge in [-0.2, -0.15) is 0 Å². The van der Waals surface area contributed by atoms with Gasteiger partial charge in [0, 0.05) is 17.1 Å². The van der Waals surface area contributed by atoms with E-state index in [1.165, 1.54) is 38.5 Å². The Balaban J connectivity index is 1.22. The number of ether oxygens (including phenoxy) is 1. The molecule has 0 spiro atoms. The minimum atomic E-state index is -0.477. The third-order valence-electron chi connectivity index (χ3n) is 7.78. The van der Waals surface area contributed by atoms with Gasteiger partial charge in [0.15, 0.2) is 6.61 Å². The Morgan fingerprint density at radius 3 is 2.43 bits per heavy atom. The monoisotopic (exact) mass is 406 g/mol. The van der Waals surface area contributed by atoms with E-state index in [1.54, 1.807) is 6.07 Å². The number of aryl methyl sites for hydroxylation is 1. The van der Waals surface area contributed by atoms with Gasteiger partial charge in [0.25, 0.3) is 5.91 Å². The molecule has 4 aliphatic rings. The maximum Gasteiger partial charge on any atom is 0.339 e. The van der Waals surface area contributed by atoms with Crippen molar-refractivity contribution in [2.75, 3.05) is 6.61 Å². The average molecular weight is 407 g/mol. The standard InChI is InChI=1S/C25H30N2O3/c1-15-7-21(20-5-3-4-6-22(20)26-15)24(29)30-14-23(28)27-16(2)25-11-17-8-18(12-25)10-19(9-17)13-25/h3-7,16-19H,8-14H2,1-2H3,(H,27,28)/t16-,17?,18?,19?,25?/m0/s1. The number of rotatable bonds is 5. The van der Waals surface area contributed by atoms with Gasteiger partial charge in [-0.05, 0) is 87.7 Å². The summed E-state index contributed by atoms with van der Waals surface area (Å²) in [5.74, 6) is 1.85. The van der Waals surface area contributed by atoms with Gasteiger partial charge >= 0.3 is 5.97 Å². The van der Waals surface area contributed by atoms with Gasteiger partial charge in [-0.1, -0.05) is 18.2 Å². The summed E-state index contributed by atoms with van der Waals surface area (Å²) in [4.78, 5) is 29.8. The summed E-state index contributed by atoms with van der Waals surface area (Å²) >= 11 is 0. The summed E-state index contributed by atoms with van der Waals surface area (Å²) in [5.41, 5.74) is 2.21. The molecule has 5 nitrogen and oxygen atoms in total. The van der Waals surface area contributed by atoms with Crippen LogP contribution in [-0.2, 0) is 9.53 Å². The largest absolute Gasteiger partial charge is 0.452 e. The number of carbonyl (C=O) groups excluding carboxylic acids is 2. The van der Waals surface area contributed by atoms with E-state index >= 15 is 0 Å². The molecule has 4 bridgehead atoms. The highest BCUT2D eigenvalue weighted by molar-refractivity contribution is 6.04. The molecule has 1 atom stereocenters. The van der Waals surface area contributed by atoms with Crippen molar-refractivity contribution in [1.82, 2.24) is 10.3 Å². The van der Waals surface area contributed by atoms with Crippen molar-refractivity contribution in [3.8, 4) is 0 Å². The minimum Gasteiger partial charge on any atom is -0.452 e. The number of hydrogen-bond donors (Lipinski definition) is 1. The van der Waals surface area contributed by atoms with E-state index in [0.717, 1.165) is 34.4 Å². The zero-order valence-corrected chi connectivity index (χ0v) is 17.8. The number of aromatic nitrogens is 1. The maximum atomic E-state index is 12.7. The Labute approximate surface area is 177 Å². The summed E-state index contributed by atoms with van der Waals surface area (Å²) in [5, 5.41) is 3.91. The first-order valence-corrected chi connectivity index (χ1v) is 11.2. The van der Waals surface area contributed by atoms with Gasteiger partial charge in [0.05, 0.1) is 11.1 Å². The zero-order chi connectivity index (χ0) is 20.9. The summed E-state index contributed by atoms with van der Waals surface area (Å²) in [6.07, 6.45) is 7.87. The highest BCUT2D eigenvalue weighted by Gasteiger charge is 2.53. The van der Waals surface area contributed by atoms with Crippen LogP contribution in [0.5, 0.6) is 0 Å². The molecule has 0 radical (unpaired) electrons. The van der Waals surface area contributed by atoms with Crippen LogP contribution >= 0.6 is 0 Å². The fourth-order valence-electron chi connectivity index (χ4n) is 6.83. The number of fused-ring (bicyclic) bond motifs is 1. The van der Waals surface area contributed by atoms with Crippen LogP contribution in [0.4, 0.5) is 0 Å². The molecule has 2 aromatic rings. The number of carbonyl (C=O) groups is 2. The Bertz CT molecular complexity index is 964. The first-order chi connectivity index (χ1) is 14.4. The number of hydrogen-bond acceptors (Lipinski definition) is 4. The molecule has 0 aliphatic heterocycles. The smallest absolute Gasteiger partial charge is 0.339 e. The molecule has 1 amide bonds. The van der Waals surface area contributed by atoms with E-state index in [2.05, 4.69) is 17.2 Å². The molecule has 4 saturated carbocycles. The fourth-order valence-corrected chi connectivity index (χ4v) is 6.83.